The Morgan fingerprint density at radius 3 is 2.40 bits per heavy atom. The SMILES string of the molecule is Clc1ccc(/C=N/c2ncccn2)cc1. The summed E-state index contributed by atoms with van der Waals surface area (Å²) >= 11 is 5.76. The van der Waals surface area contributed by atoms with Crippen LogP contribution in [0.25, 0.3) is 0 Å². The van der Waals surface area contributed by atoms with Crippen LogP contribution in [0, 0.1) is 0 Å². The average Bonchev–Trinajstić information content (AvgIpc) is 2.30. The molecule has 1 aromatic heterocycles. The van der Waals surface area contributed by atoms with Gasteiger partial charge in [-0.05, 0) is 23.8 Å². The Labute approximate surface area is 92.5 Å². The van der Waals surface area contributed by atoms with Gasteiger partial charge >= 0.3 is 0 Å². The van der Waals surface area contributed by atoms with E-state index in [9.17, 15) is 0 Å². The molecule has 1 heterocycles. The van der Waals surface area contributed by atoms with Crippen molar-refractivity contribution in [2.45, 2.75) is 0 Å². The molecule has 74 valence electrons. The van der Waals surface area contributed by atoms with Gasteiger partial charge in [0, 0.05) is 23.6 Å². The van der Waals surface area contributed by atoms with Crippen LogP contribution >= 0.6 is 11.6 Å². The topological polar surface area (TPSA) is 38.1 Å². The van der Waals surface area contributed by atoms with E-state index in [1.807, 2.05) is 24.3 Å². The van der Waals surface area contributed by atoms with Crippen LogP contribution in [0.3, 0.4) is 0 Å². The van der Waals surface area contributed by atoms with Gasteiger partial charge in [0.1, 0.15) is 0 Å². The van der Waals surface area contributed by atoms with Crippen LogP contribution < -0.4 is 0 Å². The van der Waals surface area contributed by atoms with Crippen molar-refractivity contribution in [2.75, 3.05) is 0 Å². The largest absolute Gasteiger partial charge is 0.249 e. The number of hydrogen-bond acceptors (Lipinski definition) is 3. The molecular weight excluding hydrogens is 210 g/mol. The van der Waals surface area contributed by atoms with Crippen LogP contribution in [-0.4, -0.2) is 16.2 Å². The van der Waals surface area contributed by atoms with Crippen LogP contribution in [0.5, 0.6) is 0 Å². The minimum Gasteiger partial charge on any atom is -0.220 e. The van der Waals surface area contributed by atoms with Gasteiger partial charge in [-0.3, -0.25) is 0 Å². The number of benzene rings is 1. The Balaban J connectivity index is 2.15. The lowest BCUT2D eigenvalue weighted by Gasteiger charge is -1.92. The van der Waals surface area contributed by atoms with Gasteiger partial charge in [0.05, 0.1) is 0 Å². The molecule has 0 radical (unpaired) electrons. The Bertz CT molecular complexity index is 451. The normalized spacial score (nSPS) is 10.7. The number of rotatable bonds is 2. The molecule has 0 atom stereocenters. The van der Waals surface area contributed by atoms with E-state index in [0.717, 1.165) is 5.56 Å². The summed E-state index contributed by atoms with van der Waals surface area (Å²) in [5.41, 5.74) is 0.965. The maximum absolute atomic E-state index is 5.76. The second-order valence-corrected chi connectivity index (χ2v) is 3.29. The predicted molar refractivity (Wildman–Crippen MR) is 60.7 cm³/mol. The summed E-state index contributed by atoms with van der Waals surface area (Å²) in [6, 6.07) is 9.15. The summed E-state index contributed by atoms with van der Waals surface area (Å²) < 4.78 is 0. The van der Waals surface area contributed by atoms with Crippen LogP contribution in [0.4, 0.5) is 5.95 Å². The maximum atomic E-state index is 5.76. The van der Waals surface area contributed by atoms with Gasteiger partial charge in [0.15, 0.2) is 0 Å². The zero-order valence-corrected chi connectivity index (χ0v) is 8.59. The molecule has 0 fully saturated rings. The van der Waals surface area contributed by atoms with Gasteiger partial charge in [-0.25, -0.2) is 15.0 Å². The second kappa shape index (κ2) is 4.66. The smallest absolute Gasteiger partial charge is 0.220 e. The van der Waals surface area contributed by atoms with E-state index in [0.29, 0.717) is 11.0 Å². The fourth-order valence-electron chi connectivity index (χ4n) is 1.04. The molecular formula is C11H8ClN3. The summed E-state index contributed by atoms with van der Waals surface area (Å²) in [7, 11) is 0. The van der Waals surface area contributed by atoms with Crippen LogP contribution in [0.15, 0.2) is 47.7 Å². The van der Waals surface area contributed by atoms with Gasteiger partial charge in [0.25, 0.3) is 0 Å². The molecule has 0 bridgehead atoms. The van der Waals surface area contributed by atoms with E-state index in [1.165, 1.54) is 0 Å². The van der Waals surface area contributed by atoms with Crippen molar-refractivity contribution in [2.24, 2.45) is 4.99 Å². The van der Waals surface area contributed by atoms with Crippen molar-refractivity contribution in [1.82, 2.24) is 9.97 Å². The lowest BCUT2D eigenvalue weighted by Crippen LogP contribution is -1.82. The first-order valence-electron chi connectivity index (χ1n) is 4.41. The maximum Gasteiger partial charge on any atom is 0.249 e. The van der Waals surface area contributed by atoms with Crippen LogP contribution in [0.1, 0.15) is 5.56 Å². The molecule has 0 aliphatic carbocycles. The van der Waals surface area contributed by atoms with Gasteiger partial charge in [-0.2, -0.15) is 0 Å². The van der Waals surface area contributed by atoms with E-state index in [-0.39, 0.29) is 0 Å². The standard InChI is InChI=1S/C11H8ClN3/c12-10-4-2-9(3-5-10)8-15-11-13-6-1-7-14-11/h1-8H/b15-8+. The summed E-state index contributed by atoms with van der Waals surface area (Å²) in [6.07, 6.45) is 5.01. The molecule has 15 heavy (non-hydrogen) atoms. The number of halogens is 1. The van der Waals surface area contributed by atoms with Crippen LogP contribution in [-0.2, 0) is 0 Å². The Kier molecular flexibility index (Phi) is 3.05. The van der Waals surface area contributed by atoms with E-state index in [4.69, 9.17) is 11.6 Å². The molecule has 2 aromatic rings. The first-order chi connectivity index (χ1) is 7.34. The van der Waals surface area contributed by atoms with Crippen LogP contribution in [0.2, 0.25) is 5.02 Å². The van der Waals surface area contributed by atoms with Crippen molar-refractivity contribution in [3.8, 4) is 0 Å². The van der Waals surface area contributed by atoms with Gasteiger partial charge in [-0.1, -0.05) is 23.7 Å². The summed E-state index contributed by atoms with van der Waals surface area (Å²) in [6.45, 7) is 0. The van der Waals surface area contributed by atoms with Crippen molar-refractivity contribution in [3.63, 3.8) is 0 Å². The summed E-state index contributed by atoms with van der Waals surface area (Å²) in [4.78, 5) is 12.1. The average molecular weight is 218 g/mol. The van der Waals surface area contributed by atoms with Crippen molar-refractivity contribution >= 4 is 23.8 Å². The number of aromatic nitrogens is 2. The highest BCUT2D eigenvalue weighted by atomic mass is 35.5. The minimum atomic E-state index is 0.451. The lowest BCUT2D eigenvalue weighted by atomic mass is 10.2. The van der Waals surface area contributed by atoms with Crippen molar-refractivity contribution < 1.29 is 0 Å². The summed E-state index contributed by atoms with van der Waals surface area (Å²) in [5, 5.41) is 0.711. The Morgan fingerprint density at radius 1 is 1.07 bits per heavy atom. The van der Waals surface area contributed by atoms with Gasteiger partial charge in [0.2, 0.25) is 5.95 Å². The number of nitrogens with zero attached hydrogens (tertiary/aromatic N) is 3. The molecule has 2 rings (SSSR count). The molecule has 0 saturated heterocycles. The predicted octanol–water partition coefficient (Wildman–Crippen LogP) is 2.88. The van der Waals surface area contributed by atoms with Gasteiger partial charge in [-0.15, -0.1) is 0 Å². The van der Waals surface area contributed by atoms with E-state index < -0.39 is 0 Å². The molecule has 0 amide bonds. The second-order valence-electron chi connectivity index (χ2n) is 2.86. The fraction of sp³-hybridized carbons (Fsp3) is 0. The first-order valence-corrected chi connectivity index (χ1v) is 4.79. The monoisotopic (exact) mass is 217 g/mol. The van der Waals surface area contributed by atoms with E-state index in [2.05, 4.69) is 15.0 Å². The fourth-order valence-corrected chi connectivity index (χ4v) is 1.16. The molecule has 0 saturated carbocycles. The first kappa shape index (κ1) is 9.80. The Morgan fingerprint density at radius 2 is 1.73 bits per heavy atom. The summed E-state index contributed by atoms with van der Waals surface area (Å²) in [5.74, 6) is 0.451. The van der Waals surface area contributed by atoms with E-state index >= 15 is 0 Å². The molecule has 3 nitrogen and oxygen atoms in total. The third-order valence-corrected chi connectivity index (χ3v) is 2.00. The number of hydrogen-bond donors (Lipinski definition) is 0. The highest BCUT2D eigenvalue weighted by Crippen LogP contribution is 2.08. The lowest BCUT2D eigenvalue weighted by molar-refractivity contribution is 1.14. The zero-order valence-electron chi connectivity index (χ0n) is 7.84. The molecule has 4 heteroatoms. The Hall–Kier alpha value is -1.74. The van der Waals surface area contributed by atoms with Gasteiger partial charge < -0.3 is 0 Å². The third-order valence-electron chi connectivity index (χ3n) is 1.75. The quantitative estimate of drug-likeness (QED) is 0.726. The van der Waals surface area contributed by atoms with Crippen molar-refractivity contribution in [1.29, 1.82) is 0 Å². The third kappa shape index (κ3) is 2.86. The zero-order chi connectivity index (χ0) is 10.5. The molecule has 0 unspecified atom stereocenters. The highest BCUT2D eigenvalue weighted by molar-refractivity contribution is 6.30. The molecule has 0 N–H and O–H groups in total. The minimum absolute atomic E-state index is 0.451. The molecule has 1 aromatic carbocycles. The molecule has 0 aliphatic heterocycles. The molecule has 0 spiro atoms. The molecule has 0 aliphatic rings. The van der Waals surface area contributed by atoms with E-state index in [1.54, 1.807) is 24.7 Å². The highest BCUT2D eigenvalue weighted by Gasteiger charge is 1.90. The number of aliphatic imine (C=N–C) groups is 1. The van der Waals surface area contributed by atoms with Crippen molar-refractivity contribution in [3.05, 3.63) is 53.3 Å².